The number of hydrogen-bond acceptors (Lipinski definition) is 5. The van der Waals surface area contributed by atoms with Crippen LogP contribution in [0.25, 0.3) is 0 Å². The van der Waals surface area contributed by atoms with Crippen molar-refractivity contribution in [3.8, 4) is 0 Å². The highest BCUT2D eigenvalue weighted by Crippen LogP contribution is 2.20. The molecule has 0 aliphatic rings. The van der Waals surface area contributed by atoms with Crippen LogP contribution in [0.3, 0.4) is 0 Å². The van der Waals surface area contributed by atoms with Gasteiger partial charge >= 0.3 is 5.97 Å². The first-order valence-electron chi connectivity index (χ1n) is 4.96. The summed E-state index contributed by atoms with van der Waals surface area (Å²) in [6.07, 6.45) is 0.584. The zero-order valence-corrected chi connectivity index (χ0v) is 9.75. The molecule has 0 atom stereocenters. The minimum absolute atomic E-state index is 0.118. The van der Waals surface area contributed by atoms with E-state index in [-0.39, 0.29) is 6.42 Å². The van der Waals surface area contributed by atoms with Crippen molar-refractivity contribution in [3.05, 3.63) is 5.01 Å². The summed E-state index contributed by atoms with van der Waals surface area (Å²) < 4.78 is 0. The van der Waals surface area contributed by atoms with Gasteiger partial charge in [-0.1, -0.05) is 11.3 Å². The first-order valence-corrected chi connectivity index (χ1v) is 5.78. The maximum Gasteiger partial charge on any atom is 0.303 e. The summed E-state index contributed by atoms with van der Waals surface area (Å²) in [4.78, 5) is 12.5. The van der Waals surface area contributed by atoms with E-state index in [2.05, 4.69) is 28.9 Å². The summed E-state index contributed by atoms with van der Waals surface area (Å²) >= 11 is 1.47. The summed E-state index contributed by atoms with van der Waals surface area (Å²) in [5, 5.41) is 18.2. The number of hydrogen-bond donors (Lipinski definition) is 1. The summed E-state index contributed by atoms with van der Waals surface area (Å²) in [5.41, 5.74) is 0. The molecule has 0 spiro atoms. The van der Waals surface area contributed by atoms with Gasteiger partial charge in [0.2, 0.25) is 5.13 Å². The third-order valence-electron chi connectivity index (χ3n) is 2.04. The minimum atomic E-state index is -0.797. The van der Waals surface area contributed by atoms with Gasteiger partial charge in [-0.05, 0) is 13.8 Å². The molecule has 0 saturated carbocycles. The predicted octanol–water partition coefficient (Wildman–Crippen LogP) is 1.40. The van der Waals surface area contributed by atoms with Crippen molar-refractivity contribution >= 4 is 22.4 Å². The van der Waals surface area contributed by atoms with E-state index < -0.39 is 5.97 Å². The van der Waals surface area contributed by atoms with E-state index in [1.807, 2.05) is 0 Å². The Morgan fingerprint density at radius 2 is 2.07 bits per heavy atom. The molecule has 0 saturated heterocycles. The second-order valence-corrected chi connectivity index (χ2v) is 4.08. The molecule has 5 nitrogen and oxygen atoms in total. The van der Waals surface area contributed by atoms with Crippen molar-refractivity contribution in [2.45, 2.75) is 26.7 Å². The number of aliphatic carboxylic acids is 1. The average molecular weight is 229 g/mol. The van der Waals surface area contributed by atoms with Gasteiger partial charge in [-0.15, -0.1) is 10.2 Å². The van der Waals surface area contributed by atoms with Gasteiger partial charge in [0.05, 0.1) is 6.42 Å². The topological polar surface area (TPSA) is 66.3 Å². The second-order valence-electron chi connectivity index (χ2n) is 3.04. The molecule has 6 heteroatoms. The lowest BCUT2D eigenvalue weighted by atomic mass is 10.3. The van der Waals surface area contributed by atoms with Crippen LogP contribution in [0.15, 0.2) is 0 Å². The van der Waals surface area contributed by atoms with Crippen LogP contribution in [0.2, 0.25) is 0 Å². The van der Waals surface area contributed by atoms with E-state index in [9.17, 15) is 4.79 Å². The van der Waals surface area contributed by atoms with E-state index in [1.54, 1.807) is 0 Å². The van der Waals surface area contributed by atoms with Crippen LogP contribution in [-0.4, -0.2) is 34.4 Å². The molecule has 1 heterocycles. The van der Waals surface area contributed by atoms with Crippen molar-refractivity contribution < 1.29 is 9.90 Å². The molecule has 0 aromatic carbocycles. The van der Waals surface area contributed by atoms with Crippen LogP contribution in [0.4, 0.5) is 5.13 Å². The minimum Gasteiger partial charge on any atom is -0.481 e. The lowest BCUT2D eigenvalue weighted by Crippen LogP contribution is -2.21. The van der Waals surface area contributed by atoms with E-state index in [4.69, 9.17) is 5.11 Å². The number of aromatic nitrogens is 2. The normalized spacial score (nSPS) is 10.3. The molecule has 0 bridgehead atoms. The summed E-state index contributed by atoms with van der Waals surface area (Å²) in [6.45, 7) is 5.90. The first kappa shape index (κ1) is 11.9. The maximum atomic E-state index is 10.4. The van der Waals surface area contributed by atoms with Gasteiger partial charge in [-0.3, -0.25) is 4.79 Å². The number of carboxylic acids is 1. The number of carboxylic acid groups (broad SMARTS) is 1. The highest BCUT2D eigenvalue weighted by molar-refractivity contribution is 7.15. The Kier molecular flexibility index (Phi) is 4.48. The average Bonchev–Trinajstić information content (AvgIpc) is 2.65. The molecule has 1 N–H and O–H groups in total. The van der Waals surface area contributed by atoms with Gasteiger partial charge in [0.15, 0.2) is 0 Å². The van der Waals surface area contributed by atoms with Gasteiger partial charge in [0.25, 0.3) is 0 Å². The van der Waals surface area contributed by atoms with Gasteiger partial charge in [-0.25, -0.2) is 0 Å². The highest BCUT2D eigenvalue weighted by Gasteiger charge is 2.10. The molecular formula is C9H15N3O2S. The van der Waals surface area contributed by atoms with Crippen LogP contribution >= 0.6 is 11.3 Å². The molecule has 1 aromatic rings. The Morgan fingerprint density at radius 3 is 2.60 bits per heavy atom. The molecule has 0 unspecified atom stereocenters. The summed E-state index contributed by atoms with van der Waals surface area (Å²) in [6, 6.07) is 0. The van der Waals surface area contributed by atoms with E-state index in [0.29, 0.717) is 6.42 Å². The van der Waals surface area contributed by atoms with Crippen LogP contribution in [-0.2, 0) is 11.2 Å². The molecule has 84 valence electrons. The zero-order valence-electron chi connectivity index (χ0n) is 8.93. The molecule has 0 radical (unpaired) electrons. The van der Waals surface area contributed by atoms with E-state index >= 15 is 0 Å². The Labute approximate surface area is 92.7 Å². The van der Waals surface area contributed by atoms with Crippen LogP contribution in [0.5, 0.6) is 0 Å². The summed E-state index contributed by atoms with van der Waals surface area (Å²) in [7, 11) is 0. The lowest BCUT2D eigenvalue weighted by Gasteiger charge is -2.15. The molecule has 0 amide bonds. The smallest absolute Gasteiger partial charge is 0.303 e. The van der Waals surface area contributed by atoms with Gasteiger partial charge in [0, 0.05) is 19.5 Å². The highest BCUT2D eigenvalue weighted by atomic mass is 32.1. The Bertz CT molecular complexity index is 323. The molecule has 15 heavy (non-hydrogen) atoms. The fourth-order valence-corrected chi connectivity index (χ4v) is 2.15. The third kappa shape index (κ3) is 3.47. The van der Waals surface area contributed by atoms with E-state index in [0.717, 1.165) is 23.2 Å². The number of carbonyl (C=O) groups is 1. The monoisotopic (exact) mass is 229 g/mol. The molecule has 0 aliphatic carbocycles. The second kappa shape index (κ2) is 5.65. The van der Waals surface area contributed by atoms with Crippen LogP contribution < -0.4 is 4.90 Å². The van der Waals surface area contributed by atoms with Crippen molar-refractivity contribution in [1.82, 2.24) is 10.2 Å². The van der Waals surface area contributed by atoms with Crippen molar-refractivity contribution in [1.29, 1.82) is 0 Å². The van der Waals surface area contributed by atoms with E-state index in [1.165, 1.54) is 11.3 Å². The van der Waals surface area contributed by atoms with Crippen molar-refractivity contribution in [2.24, 2.45) is 0 Å². The number of aryl methyl sites for hydroxylation is 1. The molecule has 0 fully saturated rings. The van der Waals surface area contributed by atoms with Crippen LogP contribution in [0.1, 0.15) is 25.3 Å². The standard InChI is InChI=1S/C9H15N3O2S/c1-3-12(4-2)9-11-10-7(15-9)5-6-8(13)14/h3-6H2,1-2H3,(H,13,14). The number of nitrogens with zero attached hydrogens (tertiary/aromatic N) is 3. The predicted molar refractivity (Wildman–Crippen MR) is 59.4 cm³/mol. The largest absolute Gasteiger partial charge is 0.481 e. The number of anilines is 1. The quantitative estimate of drug-likeness (QED) is 0.798. The Balaban J connectivity index is 2.59. The zero-order chi connectivity index (χ0) is 11.3. The Morgan fingerprint density at radius 1 is 1.40 bits per heavy atom. The molecule has 0 aliphatic heterocycles. The van der Waals surface area contributed by atoms with Crippen LogP contribution in [0, 0.1) is 0 Å². The molecule has 1 aromatic heterocycles. The summed E-state index contributed by atoms with van der Waals surface area (Å²) in [5.74, 6) is -0.797. The lowest BCUT2D eigenvalue weighted by molar-refractivity contribution is -0.136. The first-order chi connectivity index (χ1) is 7.17. The van der Waals surface area contributed by atoms with Gasteiger partial charge in [0.1, 0.15) is 5.01 Å². The fraction of sp³-hybridized carbons (Fsp3) is 0.667. The molecular weight excluding hydrogens is 214 g/mol. The third-order valence-corrected chi connectivity index (χ3v) is 3.09. The molecule has 1 rings (SSSR count). The SMILES string of the molecule is CCN(CC)c1nnc(CCC(=O)O)s1. The van der Waals surface area contributed by atoms with Crippen molar-refractivity contribution in [3.63, 3.8) is 0 Å². The van der Waals surface area contributed by atoms with Crippen molar-refractivity contribution in [2.75, 3.05) is 18.0 Å². The van der Waals surface area contributed by atoms with Gasteiger partial charge in [-0.2, -0.15) is 0 Å². The van der Waals surface area contributed by atoms with Gasteiger partial charge < -0.3 is 10.0 Å². The fourth-order valence-electron chi connectivity index (χ4n) is 1.18. The Hall–Kier alpha value is -1.17. The maximum absolute atomic E-state index is 10.4. The number of rotatable bonds is 6.